The molecule has 0 saturated heterocycles. The van der Waals surface area contributed by atoms with Crippen LogP contribution in [0.2, 0.25) is 5.02 Å². The lowest BCUT2D eigenvalue weighted by atomic mass is 9.96. The Morgan fingerprint density at radius 1 is 1.16 bits per heavy atom. The monoisotopic (exact) mass is 598 g/mol. The highest BCUT2D eigenvalue weighted by Crippen LogP contribution is 2.37. The van der Waals surface area contributed by atoms with Gasteiger partial charge in [0.15, 0.2) is 0 Å². The second kappa shape index (κ2) is 12.0. The molecule has 2 N–H and O–H groups in total. The van der Waals surface area contributed by atoms with Crippen LogP contribution in [0, 0.1) is 16.7 Å². The van der Waals surface area contributed by atoms with E-state index in [2.05, 4.69) is 52.8 Å². The second-order valence-electron chi connectivity index (χ2n) is 12.0. The summed E-state index contributed by atoms with van der Waals surface area (Å²) in [5, 5.41) is 28.4. The zero-order valence-electron chi connectivity index (χ0n) is 25.1. The molecule has 2 atom stereocenters. The van der Waals surface area contributed by atoms with Crippen LogP contribution in [0.4, 0.5) is 11.4 Å². The average molecular weight is 599 g/mol. The molecule has 0 spiro atoms. The number of pyridine rings is 2. The fraction of sp³-hybridized carbons (Fsp3) is 0.344. The number of nitrogens with zero attached hydrogens (tertiary/aromatic N) is 6. The number of hydrogen-bond donors (Lipinski definition) is 2. The number of halogens is 1. The van der Waals surface area contributed by atoms with Crippen LogP contribution in [0.25, 0.3) is 21.7 Å². The van der Waals surface area contributed by atoms with E-state index >= 15 is 0 Å². The van der Waals surface area contributed by atoms with Crippen LogP contribution in [-0.2, 0) is 11.8 Å². The molecule has 11 heteroatoms. The van der Waals surface area contributed by atoms with Gasteiger partial charge >= 0.3 is 0 Å². The lowest BCUT2D eigenvalue weighted by Gasteiger charge is -2.23. The van der Waals surface area contributed by atoms with Gasteiger partial charge in [-0.3, -0.25) is 9.78 Å². The average Bonchev–Trinajstić information content (AvgIpc) is 3.46. The van der Waals surface area contributed by atoms with Crippen molar-refractivity contribution in [1.29, 1.82) is 5.26 Å². The number of nitrogens with one attached hydrogen (secondary N) is 2. The summed E-state index contributed by atoms with van der Waals surface area (Å²) < 4.78 is 8.65. The topological polar surface area (TPSA) is 123 Å². The first kappa shape index (κ1) is 30.0. The molecule has 222 valence electrons. The largest absolute Gasteiger partial charge is 0.383 e. The molecule has 0 saturated carbocycles. The number of benzene rings is 2. The zero-order valence-corrected chi connectivity index (χ0v) is 25.9. The van der Waals surface area contributed by atoms with E-state index in [0.29, 0.717) is 51.7 Å². The lowest BCUT2D eigenvalue weighted by Crippen LogP contribution is -2.20. The van der Waals surface area contributed by atoms with Crippen LogP contribution in [0.5, 0.6) is 0 Å². The minimum atomic E-state index is -0.495. The van der Waals surface area contributed by atoms with Crippen molar-refractivity contribution < 1.29 is 4.74 Å². The first-order valence-corrected chi connectivity index (χ1v) is 14.4. The molecule has 0 radical (unpaired) electrons. The van der Waals surface area contributed by atoms with Gasteiger partial charge in [0.25, 0.3) is 5.56 Å². The van der Waals surface area contributed by atoms with Crippen LogP contribution in [0.1, 0.15) is 56.6 Å². The summed E-state index contributed by atoms with van der Waals surface area (Å²) in [5.41, 5.74) is 3.79. The van der Waals surface area contributed by atoms with Crippen molar-refractivity contribution in [2.24, 2.45) is 12.5 Å². The molecular formula is C32H35ClN8O2. The molecule has 5 rings (SSSR count). The van der Waals surface area contributed by atoms with Crippen LogP contribution in [0.3, 0.4) is 0 Å². The van der Waals surface area contributed by atoms with Crippen LogP contribution < -0.4 is 16.2 Å². The molecule has 10 nitrogen and oxygen atoms in total. The minimum absolute atomic E-state index is 0.0235. The van der Waals surface area contributed by atoms with E-state index in [0.717, 1.165) is 16.3 Å². The van der Waals surface area contributed by atoms with E-state index in [9.17, 15) is 10.1 Å². The van der Waals surface area contributed by atoms with Gasteiger partial charge in [0, 0.05) is 49.6 Å². The van der Waals surface area contributed by atoms with Gasteiger partial charge < -0.3 is 19.9 Å². The SMILES string of the molecule is COC[C@H](C)n1cc([C@@H](Nc2cc(Cl)c3ncc(C#N)c(NCC(C)(C)C)c3c2)c2cccc3c(=O)n(C)ccc23)nn1. The van der Waals surface area contributed by atoms with E-state index in [4.69, 9.17) is 16.3 Å². The number of aryl methyl sites for hydroxylation is 1. The molecule has 5 aromatic rings. The van der Waals surface area contributed by atoms with Gasteiger partial charge in [-0.1, -0.05) is 49.7 Å². The Morgan fingerprint density at radius 3 is 2.67 bits per heavy atom. The van der Waals surface area contributed by atoms with Gasteiger partial charge in [-0.2, -0.15) is 5.26 Å². The molecule has 43 heavy (non-hydrogen) atoms. The predicted octanol–water partition coefficient (Wildman–Crippen LogP) is 6.07. The zero-order chi connectivity index (χ0) is 30.9. The van der Waals surface area contributed by atoms with Crippen LogP contribution in [0.15, 0.2) is 59.8 Å². The Kier molecular flexibility index (Phi) is 8.40. The highest BCUT2D eigenvalue weighted by atomic mass is 35.5. The van der Waals surface area contributed by atoms with Gasteiger partial charge in [-0.25, -0.2) is 4.68 Å². The fourth-order valence-electron chi connectivity index (χ4n) is 5.06. The first-order chi connectivity index (χ1) is 20.5. The quantitative estimate of drug-likeness (QED) is 0.210. The van der Waals surface area contributed by atoms with Gasteiger partial charge in [-0.15, -0.1) is 5.10 Å². The summed E-state index contributed by atoms with van der Waals surface area (Å²) in [6, 6.07) is 13.1. The van der Waals surface area contributed by atoms with Crippen molar-refractivity contribution in [2.45, 2.75) is 39.8 Å². The van der Waals surface area contributed by atoms with Gasteiger partial charge in [-0.05, 0) is 47.6 Å². The summed E-state index contributed by atoms with van der Waals surface area (Å²) in [4.78, 5) is 17.5. The molecule has 0 amide bonds. The Morgan fingerprint density at radius 2 is 1.95 bits per heavy atom. The molecule has 0 aliphatic rings. The number of ether oxygens (including phenoxy) is 1. The summed E-state index contributed by atoms with van der Waals surface area (Å²) >= 11 is 6.81. The normalized spacial score (nSPS) is 13.2. The number of methoxy groups -OCH3 is 1. The van der Waals surface area contributed by atoms with Crippen LogP contribution >= 0.6 is 11.6 Å². The van der Waals surface area contributed by atoms with Gasteiger partial charge in [0.2, 0.25) is 0 Å². The molecular weight excluding hydrogens is 564 g/mol. The smallest absolute Gasteiger partial charge is 0.258 e. The fourth-order valence-corrected chi connectivity index (χ4v) is 5.32. The lowest BCUT2D eigenvalue weighted by molar-refractivity contribution is 0.156. The molecule has 0 unspecified atom stereocenters. The highest BCUT2D eigenvalue weighted by Gasteiger charge is 2.23. The van der Waals surface area contributed by atoms with Crippen molar-refractivity contribution in [2.75, 3.05) is 30.9 Å². The summed E-state index contributed by atoms with van der Waals surface area (Å²) in [5.74, 6) is 0. The minimum Gasteiger partial charge on any atom is -0.383 e. The van der Waals surface area contributed by atoms with Crippen molar-refractivity contribution in [3.8, 4) is 6.07 Å². The molecule has 0 aliphatic heterocycles. The number of nitriles is 1. The number of fused-ring (bicyclic) bond motifs is 2. The van der Waals surface area contributed by atoms with E-state index in [1.807, 2.05) is 49.5 Å². The number of hydrogen-bond acceptors (Lipinski definition) is 8. The van der Waals surface area contributed by atoms with Crippen molar-refractivity contribution in [1.82, 2.24) is 24.5 Å². The number of rotatable bonds is 9. The van der Waals surface area contributed by atoms with E-state index in [-0.39, 0.29) is 17.0 Å². The summed E-state index contributed by atoms with van der Waals surface area (Å²) in [7, 11) is 3.38. The molecule has 2 aromatic carbocycles. The maximum atomic E-state index is 13.0. The third-order valence-corrected chi connectivity index (χ3v) is 7.59. The third kappa shape index (κ3) is 6.19. The van der Waals surface area contributed by atoms with Crippen LogP contribution in [-0.4, -0.2) is 44.8 Å². The summed E-state index contributed by atoms with van der Waals surface area (Å²) in [6.45, 7) is 9.49. The summed E-state index contributed by atoms with van der Waals surface area (Å²) in [6.07, 6.45) is 5.19. The number of aromatic nitrogens is 5. The standard InChI is InChI=1S/C32H35ClN8O2/c1-19(17-43-6)41-16-27(38-39-41)30(23-8-7-9-24-22(23)10-11-40(5)31(24)42)37-21-12-25-28(36-18-32(2,3)4)20(14-34)15-35-29(25)26(33)13-21/h7-13,15-16,19,30,37H,17-18H2,1-6H3,(H,35,36)/t19-,30-/m0/s1. The predicted molar refractivity (Wildman–Crippen MR) is 171 cm³/mol. The number of anilines is 2. The van der Waals surface area contributed by atoms with Gasteiger partial charge in [0.05, 0.1) is 46.7 Å². The Labute approximate surface area is 255 Å². The Bertz CT molecular complexity index is 1900. The molecule has 0 aliphatic carbocycles. The van der Waals surface area contributed by atoms with Crippen molar-refractivity contribution >= 4 is 44.7 Å². The van der Waals surface area contributed by atoms with Crippen molar-refractivity contribution in [3.05, 3.63) is 87.2 Å². The molecule has 0 fully saturated rings. The Hall–Kier alpha value is -4.46. The molecule has 3 aromatic heterocycles. The third-order valence-electron chi connectivity index (χ3n) is 7.30. The van der Waals surface area contributed by atoms with Crippen molar-refractivity contribution in [3.63, 3.8) is 0 Å². The van der Waals surface area contributed by atoms with E-state index in [1.54, 1.807) is 35.8 Å². The van der Waals surface area contributed by atoms with E-state index < -0.39 is 6.04 Å². The first-order valence-electron chi connectivity index (χ1n) is 14.0. The second-order valence-corrected chi connectivity index (χ2v) is 12.4. The van der Waals surface area contributed by atoms with Gasteiger partial charge in [0.1, 0.15) is 11.8 Å². The maximum absolute atomic E-state index is 13.0. The van der Waals surface area contributed by atoms with E-state index in [1.165, 1.54) is 0 Å². The maximum Gasteiger partial charge on any atom is 0.258 e. The molecule has 0 bridgehead atoms. The molecule has 3 heterocycles. The Balaban J connectivity index is 1.67. The highest BCUT2D eigenvalue weighted by molar-refractivity contribution is 6.35.